The van der Waals surface area contributed by atoms with Gasteiger partial charge in [-0.1, -0.05) is 60.7 Å². The molecule has 4 aromatic rings. The summed E-state index contributed by atoms with van der Waals surface area (Å²) in [5, 5.41) is 0. The van der Waals surface area contributed by atoms with Crippen molar-refractivity contribution in [3.63, 3.8) is 0 Å². The van der Waals surface area contributed by atoms with Crippen LogP contribution in [0.1, 0.15) is 56.5 Å². The van der Waals surface area contributed by atoms with E-state index in [1.54, 1.807) is 24.3 Å². The van der Waals surface area contributed by atoms with Crippen LogP contribution >= 0.6 is 0 Å². The second-order valence-electron chi connectivity index (χ2n) is 9.53. The molecule has 0 atom stereocenters. The van der Waals surface area contributed by atoms with Crippen LogP contribution in [0.5, 0.6) is 0 Å². The molecular formula is C29H19BF2N2. The highest BCUT2D eigenvalue weighted by Crippen LogP contribution is 2.56. The number of rotatable bonds is 1. The normalized spacial score (nSPS) is 22.0. The quantitative estimate of drug-likeness (QED) is 0.270. The predicted octanol–water partition coefficient (Wildman–Crippen LogP) is 6.12. The molecule has 3 aromatic carbocycles. The molecule has 1 aromatic heterocycles. The van der Waals surface area contributed by atoms with Crippen molar-refractivity contribution >= 4 is 18.8 Å². The van der Waals surface area contributed by atoms with Crippen molar-refractivity contribution in [3.8, 4) is 0 Å². The molecule has 2 bridgehead atoms. The van der Waals surface area contributed by atoms with Gasteiger partial charge in [-0.2, -0.15) is 0 Å². The molecule has 0 fully saturated rings. The van der Waals surface area contributed by atoms with Crippen LogP contribution in [0.4, 0.5) is 8.63 Å². The monoisotopic (exact) mass is 444 g/mol. The lowest BCUT2D eigenvalue weighted by Gasteiger charge is -2.42. The summed E-state index contributed by atoms with van der Waals surface area (Å²) in [6.07, 6.45) is 6.50. The summed E-state index contributed by atoms with van der Waals surface area (Å²) in [6, 6.07) is 27.6. The van der Waals surface area contributed by atoms with E-state index in [-0.39, 0.29) is 11.8 Å². The zero-order valence-corrected chi connectivity index (χ0v) is 18.2. The minimum atomic E-state index is -3.89. The van der Waals surface area contributed by atoms with Crippen molar-refractivity contribution in [2.75, 3.05) is 0 Å². The first-order valence-corrected chi connectivity index (χ1v) is 11.7. The first-order chi connectivity index (χ1) is 16.6. The molecule has 2 aliphatic heterocycles. The Morgan fingerprint density at radius 3 is 2.00 bits per heavy atom. The number of hydrogen-bond acceptors (Lipinski definition) is 0. The molecule has 0 saturated carbocycles. The molecule has 0 saturated heterocycles. The van der Waals surface area contributed by atoms with Gasteiger partial charge in [0.05, 0.1) is 5.57 Å². The Labute approximate surface area is 195 Å². The van der Waals surface area contributed by atoms with E-state index in [9.17, 15) is 0 Å². The van der Waals surface area contributed by atoms with Crippen LogP contribution in [-0.4, -0.2) is 22.1 Å². The predicted molar refractivity (Wildman–Crippen MR) is 131 cm³/mol. The van der Waals surface area contributed by atoms with Gasteiger partial charge < -0.3 is 17.6 Å². The third-order valence-electron chi connectivity index (χ3n) is 7.97. The maximum Gasteiger partial charge on any atom is 0.737 e. The van der Waals surface area contributed by atoms with Gasteiger partial charge in [-0.15, -0.1) is 0 Å². The van der Waals surface area contributed by atoms with E-state index in [1.807, 2.05) is 0 Å². The van der Waals surface area contributed by atoms with Gasteiger partial charge in [0.1, 0.15) is 6.21 Å². The second-order valence-corrected chi connectivity index (χ2v) is 9.53. The minimum Gasteiger partial charge on any atom is -0.396 e. The van der Waals surface area contributed by atoms with Gasteiger partial charge in [-0.25, -0.2) is 0 Å². The highest BCUT2D eigenvalue weighted by atomic mass is 19.2. The standard InChI is InChI=1S/C29H19BF2N2/c31-30(32)33-15-5-11-25(33)27(26-12-6-16-34(26)30)18-13-14-23-24(17-18)29-21-9-3-1-7-19(21)28(23)20-8-2-4-10-22(20)29/h1-17,28-29H. The Bertz CT molecular complexity index is 1610. The summed E-state index contributed by atoms with van der Waals surface area (Å²) >= 11 is 0. The lowest BCUT2D eigenvalue weighted by molar-refractivity contribution is -0.356. The van der Waals surface area contributed by atoms with Gasteiger partial charge in [0.25, 0.3) is 0 Å². The Kier molecular flexibility index (Phi) is 3.32. The van der Waals surface area contributed by atoms with Crippen LogP contribution in [0, 0.1) is 0 Å². The summed E-state index contributed by atoms with van der Waals surface area (Å²) < 4.78 is 32.8. The number of allylic oxidation sites excluding steroid dienone is 2. The fraction of sp³-hybridized carbons (Fsp3) is 0.0690. The first-order valence-electron chi connectivity index (χ1n) is 11.7. The molecule has 3 aliphatic carbocycles. The third kappa shape index (κ3) is 2.09. The minimum absolute atomic E-state index is 0.153. The molecule has 0 N–H and O–H groups in total. The van der Waals surface area contributed by atoms with Gasteiger partial charge >= 0.3 is 6.97 Å². The number of benzene rings is 3. The molecule has 0 spiro atoms. The van der Waals surface area contributed by atoms with Crippen molar-refractivity contribution in [1.29, 1.82) is 0 Å². The Morgan fingerprint density at radius 2 is 1.32 bits per heavy atom. The lowest BCUT2D eigenvalue weighted by atomic mass is 9.61. The van der Waals surface area contributed by atoms with Crippen molar-refractivity contribution < 1.29 is 13.1 Å². The van der Waals surface area contributed by atoms with E-state index < -0.39 is 6.97 Å². The van der Waals surface area contributed by atoms with E-state index in [4.69, 9.17) is 0 Å². The van der Waals surface area contributed by atoms with Crippen LogP contribution in [0.25, 0.3) is 5.57 Å². The van der Waals surface area contributed by atoms with E-state index in [0.29, 0.717) is 11.4 Å². The Morgan fingerprint density at radius 1 is 0.706 bits per heavy atom. The third-order valence-corrected chi connectivity index (χ3v) is 7.97. The van der Waals surface area contributed by atoms with E-state index in [2.05, 4.69) is 66.7 Å². The molecule has 162 valence electrons. The summed E-state index contributed by atoms with van der Waals surface area (Å²) in [7, 11) is 0. The molecule has 3 heterocycles. The molecule has 0 radical (unpaired) electrons. The molecule has 5 aliphatic rings. The molecule has 0 unspecified atom stereocenters. The fourth-order valence-electron chi connectivity index (χ4n) is 6.64. The summed E-state index contributed by atoms with van der Waals surface area (Å²) in [6.45, 7) is -3.89. The molecule has 2 nitrogen and oxygen atoms in total. The van der Waals surface area contributed by atoms with Crippen LogP contribution in [0.2, 0.25) is 0 Å². The second kappa shape index (κ2) is 6.12. The summed E-state index contributed by atoms with van der Waals surface area (Å²) in [5.74, 6) is 0.360. The molecule has 5 heteroatoms. The largest absolute Gasteiger partial charge is 0.737 e. The van der Waals surface area contributed by atoms with Gasteiger partial charge in [-0.05, 0) is 63.3 Å². The maximum absolute atomic E-state index is 15.2. The SMILES string of the molecule is F[B-]1(F)n2cccc2C(c2ccc3c(c2)C2c4ccccc4C3c3ccccc32)=C2C=CC=[N+]21. The molecule has 34 heavy (non-hydrogen) atoms. The number of halogens is 2. The smallest absolute Gasteiger partial charge is 0.396 e. The summed E-state index contributed by atoms with van der Waals surface area (Å²) in [5.41, 5.74) is 11.0. The van der Waals surface area contributed by atoms with Gasteiger partial charge in [0.15, 0.2) is 5.70 Å². The van der Waals surface area contributed by atoms with Crippen LogP contribution in [0.15, 0.2) is 103 Å². The van der Waals surface area contributed by atoms with Crippen LogP contribution in [0.3, 0.4) is 0 Å². The van der Waals surface area contributed by atoms with Gasteiger partial charge in [0, 0.05) is 29.7 Å². The zero-order valence-electron chi connectivity index (χ0n) is 18.2. The topological polar surface area (TPSA) is 7.94 Å². The molecular weight excluding hydrogens is 425 g/mol. The highest BCUT2D eigenvalue weighted by molar-refractivity contribution is 6.57. The highest BCUT2D eigenvalue weighted by Gasteiger charge is 2.51. The maximum atomic E-state index is 15.2. The molecule has 0 amide bonds. The average Bonchev–Trinajstić information content (AvgIpc) is 3.55. The van der Waals surface area contributed by atoms with Crippen molar-refractivity contribution in [2.24, 2.45) is 0 Å². The first kappa shape index (κ1) is 18.4. The number of hydrogen-bond donors (Lipinski definition) is 0. The fourth-order valence-corrected chi connectivity index (χ4v) is 6.64. The van der Waals surface area contributed by atoms with E-state index >= 15 is 8.63 Å². The van der Waals surface area contributed by atoms with Gasteiger partial charge in [0.2, 0.25) is 0 Å². The van der Waals surface area contributed by atoms with Crippen molar-refractivity contribution in [1.82, 2.24) is 4.48 Å². The average molecular weight is 444 g/mol. The Hall–Kier alpha value is -3.99. The zero-order chi connectivity index (χ0) is 22.6. The number of fused-ring (bicyclic) bond motifs is 2. The number of aromatic nitrogens is 1. The summed E-state index contributed by atoms with van der Waals surface area (Å²) in [4.78, 5) is 0. The number of nitrogens with zero attached hydrogens (tertiary/aromatic N) is 2. The van der Waals surface area contributed by atoms with E-state index in [0.717, 1.165) is 20.1 Å². The molecule has 9 rings (SSSR count). The van der Waals surface area contributed by atoms with Crippen molar-refractivity contribution in [2.45, 2.75) is 11.8 Å². The lowest BCUT2D eigenvalue weighted by Crippen LogP contribution is -2.49. The van der Waals surface area contributed by atoms with Gasteiger partial charge in [-0.3, -0.25) is 0 Å². The van der Waals surface area contributed by atoms with Crippen LogP contribution < -0.4 is 0 Å². The van der Waals surface area contributed by atoms with Crippen molar-refractivity contribution in [3.05, 3.63) is 148 Å². The van der Waals surface area contributed by atoms with E-state index in [1.165, 1.54) is 45.8 Å². The van der Waals surface area contributed by atoms with Crippen LogP contribution in [-0.2, 0) is 0 Å². The Balaban J connectivity index is 1.39.